The van der Waals surface area contributed by atoms with Crippen molar-refractivity contribution in [3.8, 4) is 0 Å². The van der Waals surface area contributed by atoms with Gasteiger partial charge in [0.05, 0.1) is 0 Å². The summed E-state index contributed by atoms with van der Waals surface area (Å²) >= 11 is 1.36. The molecule has 0 bridgehead atoms. The molecule has 0 aromatic heterocycles. The highest BCUT2D eigenvalue weighted by Gasteiger charge is 2.23. The molecule has 0 aliphatic rings. The molecule has 0 aliphatic heterocycles. The maximum atomic E-state index is 13.6. The number of rotatable bonds is 10. The Kier molecular flexibility index (Phi) is 10.4. The van der Waals surface area contributed by atoms with Crippen molar-refractivity contribution in [2.75, 3.05) is 10.6 Å². The number of benzene rings is 5. The Morgan fingerprint density at radius 2 is 1.35 bits per heavy atom. The van der Waals surface area contributed by atoms with Crippen LogP contribution in [0.2, 0.25) is 0 Å². The fourth-order valence-corrected chi connectivity index (χ4v) is 5.89. The van der Waals surface area contributed by atoms with Crippen LogP contribution in [0.3, 0.4) is 0 Å². The molecule has 0 aliphatic carbocycles. The predicted octanol–water partition coefficient (Wildman–Crippen LogP) is 8.32. The Balaban J connectivity index is 1.37. The first-order chi connectivity index (χ1) is 22.2. The molecule has 8 heteroatoms. The molecule has 0 saturated carbocycles. The SMILES string of the molecule is Cc1cc(C)cc(NC(=O)C(Sc2cccc(NC(=O)/C(=C/c3ccc(F)cc3)NC(=O)c3ccccc3)c2)c2ccccc2)c1. The molecule has 1 atom stereocenters. The summed E-state index contributed by atoms with van der Waals surface area (Å²) in [6.07, 6.45) is 1.48. The van der Waals surface area contributed by atoms with E-state index in [2.05, 4.69) is 16.0 Å². The molecule has 0 heterocycles. The molecular formula is C38H32FN3O3S. The zero-order chi connectivity index (χ0) is 32.5. The summed E-state index contributed by atoms with van der Waals surface area (Å²) in [5.74, 6) is -1.62. The van der Waals surface area contributed by atoms with E-state index in [0.717, 1.165) is 27.3 Å². The summed E-state index contributed by atoms with van der Waals surface area (Å²) < 4.78 is 13.5. The molecule has 230 valence electrons. The quantitative estimate of drug-likeness (QED) is 0.107. The molecule has 5 rings (SSSR count). The van der Waals surface area contributed by atoms with Gasteiger partial charge in [0.2, 0.25) is 5.91 Å². The summed E-state index contributed by atoms with van der Waals surface area (Å²) in [4.78, 5) is 40.9. The zero-order valence-electron chi connectivity index (χ0n) is 25.3. The predicted molar refractivity (Wildman–Crippen MR) is 183 cm³/mol. The molecule has 0 spiro atoms. The molecule has 3 amide bonds. The van der Waals surface area contributed by atoms with Gasteiger partial charge in [0.25, 0.3) is 11.8 Å². The van der Waals surface area contributed by atoms with Crippen molar-refractivity contribution in [3.63, 3.8) is 0 Å². The number of nitrogens with one attached hydrogen (secondary N) is 3. The van der Waals surface area contributed by atoms with Gasteiger partial charge in [-0.05, 0) is 96.8 Å². The number of halogens is 1. The highest BCUT2D eigenvalue weighted by atomic mass is 32.2. The molecule has 6 nitrogen and oxygen atoms in total. The van der Waals surface area contributed by atoms with Crippen LogP contribution in [-0.2, 0) is 9.59 Å². The standard InChI is InChI=1S/C38H32FN3O3S/c1-25-20-26(2)22-32(21-25)41-38(45)35(28-10-5-3-6-11-28)46-33-15-9-14-31(24-33)40-37(44)34(23-27-16-18-30(39)19-17-27)42-36(43)29-12-7-4-8-13-29/h3-24,35H,1-2H3,(H,40,44)(H,41,45)(H,42,43)/b34-23-. The number of hydrogen-bond acceptors (Lipinski definition) is 4. The molecule has 5 aromatic carbocycles. The van der Waals surface area contributed by atoms with E-state index in [-0.39, 0.29) is 11.6 Å². The van der Waals surface area contributed by atoms with Gasteiger partial charge in [0.1, 0.15) is 16.8 Å². The highest BCUT2D eigenvalue weighted by Crippen LogP contribution is 2.37. The molecule has 3 N–H and O–H groups in total. The van der Waals surface area contributed by atoms with Crippen molar-refractivity contribution in [3.05, 3.63) is 167 Å². The van der Waals surface area contributed by atoms with Crippen LogP contribution in [0.1, 0.15) is 37.9 Å². The summed E-state index contributed by atoms with van der Waals surface area (Å²) in [6, 6.07) is 36.7. The average molecular weight is 630 g/mol. The van der Waals surface area contributed by atoms with Gasteiger partial charge in [-0.2, -0.15) is 0 Å². The summed E-state index contributed by atoms with van der Waals surface area (Å²) in [6.45, 7) is 3.97. The highest BCUT2D eigenvalue weighted by molar-refractivity contribution is 8.00. The molecule has 0 radical (unpaired) electrons. The third kappa shape index (κ3) is 8.80. The van der Waals surface area contributed by atoms with Crippen molar-refractivity contribution in [2.45, 2.75) is 24.0 Å². The van der Waals surface area contributed by atoms with Gasteiger partial charge in [0, 0.05) is 21.8 Å². The smallest absolute Gasteiger partial charge is 0.272 e. The van der Waals surface area contributed by atoms with E-state index in [1.165, 1.54) is 42.1 Å². The van der Waals surface area contributed by atoms with Gasteiger partial charge in [-0.25, -0.2) is 4.39 Å². The van der Waals surface area contributed by atoms with Gasteiger partial charge in [0.15, 0.2) is 0 Å². The Morgan fingerprint density at radius 3 is 2.02 bits per heavy atom. The van der Waals surface area contributed by atoms with Crippen molar-refractivity contribution >= 4 is 46.9 Å². The van der Waals surface area contributed by atoms with Crippen LogP contribution in [0.5, 0.6) is 0 Å². The first-order valence-electron chi connectivity index (χ1n) is 14.6. The van der Waals surface area contributed by atoms with Gasteiger partial charge < -0.3 is 16.0 Å². The van der Waals surface area contributed by atoms with E-state index < -0.39 is 22.9 Å². The fraction of sp³-hybridized carbons (Fsp3) is 0.0789. The van der Waals surface area contributed by atoms with Crippen LogP contribution in [0.25, 0.3) is 6.08 Å². The third-order valence-corrected chi connectivity index (χ3v) is 8.13. The van der Waals surface area contributed by atoms with E-state index in [1.54, 1.807) is 48.5 Å². The minimum atomic E-state index is -0.577. The van der Waals surface area contributed by atoms with Gasteiger partial charge in [-0.15, -0.1) is 11.8 Å². The minimum Gasteiger partial charge on any atom is -0.325 e. The molecule has 5 aromatic rings. The number of aryl methyl sites for hydroxylation is 2. The van der Waals surface area contributed by atoms with Gasteiger partial charge in [-0.3, -0.25) is 14.4 Å². The first kappa shape index (κ1) is 31.9. The van der Waals surface area contributed by atoms with Gasteiger partial charge in [-0.1, -0.05) is 72.8 Å². The molecule has 0 saturated heterocycles. The number of anilines is 2. The second-order valence-electron chi connectivity index (χ2n) is 10.7. The molecule has 0 fully saturated rings. The van der Waals surface area contributed by atoms with Gasteiger partial charge >= 0.3 is 0 Å². The average Bonchev–Trinajstić information content (AvgIpc) is 3.04. The maximum absolute atomic E-state index is 13.6. The maximum Gasteiger partial charge on any atom is 0.272 e. The number of amides is 3. The van der Waals surface area contributed by atoms with Crippen LogP contribution >= 0.6 is 11.8 Å². The number of carbonyl (C=O) groups excluding carboxylic acids is 3. The van der Waals surface area contributed by atoms with Crippen LogP contribution in [-0.4, -0.2) is 17.7 Å². The second kappa shape index (κ2) is 15.0. The van der Waals surface area contributed by atoms with E-state index in [0.29, 0.717) is 16.8 Å². The third-order valence-electron chi connectivity index (χ3n) is 6.89. The van der Waals surface area contributed by atoms with Crippen LogP contribution in [0.4, 0.5) is 15.8 Å². The van der Waals surface area contributed by atoms with E-state index in [4.69, 9.17) is 0 Å². The lowest BCUT2D eigenvalue weighted by atomic mass is 10.1. The summed E-state index contributed by atoms with van der Waals surface area (Å²) in [5, 5.41) is 8.03. The van der Waals surface area contributed by atoms with Crippen molar-refractivity contribution in [2.24, 2.45) is 0 Å². The van der Waals surface area contributed by atoms with Crippen molar-refractivity contribution in [1.82, 2.24) is 5.32 Å². The van der Waals surface area contributed by atoms with E-state index in [9.17, 15) is 18.8 Å². The van der Waals surface area contributed by atoms with E-state index >= 15 is 0 Å². The lowest BCUT2D eigenvalue weighted by Crippen LogP contribution is -2.30. The fourth-order valence-electron chi connectivity index (χ4n) is 4.81. The number of hydrogen-bond donors (Lipinski definition) is 3. The summed E-state index contributed by atoms with van der Waals surface area (Å²) in [7, 11) is 0. The first-order valence-corrected chi connectivity index (χ1v) is 15.5. The second-order valence-corrected chi connectivity index (χ2v) is 11.9. The van der Waals surface area contributed by atoms with Crippen molar-refractivity contribution < 1.29 is 18.8 Å². The van der Waals surface area contributed by atoms with E-state index in [1.807, 2.05) is 68.4 Å². The minimum absolute atomic E-state index is 0.0199. The largest absolute Gasteiger partial charge is 0.325 e. The monoisotopic (exact) mass is 629 g/mol. The van der Waals surface area contributed by atoms with Crippen LogP contribution < -0.4 is 16.0 Å². The Hall–Kier alpha value is -5.47. The Morgan fingerprint density at radius 1 is 0.696 bits per heavy atom. The Labute approximate surface area is 271 Å². The molecule has 46 heavy (non-hydrogen) atoms. The summed E-state index contributed by atoms with van der Waals surface area (Å²) in [5.41, 5.74) is 5.02. The number of thioether (sulfide) groups is 1. The van der Waals surface area contributed by atoms with Crippen LogP contribution in [0.15, 0.2) is 138 Å². The lowest BCUT2D eigenvalue weighted by Gasteiger charge is -2.18. The zero-order valence-corrected chi connectivity index (χ0v) is 26.1. The topological polar surface area (TPSA) is 87.3 Å². The molecular weight excluding hydrogens is 598 g/mol. The normalized spacial score (nSPS) is 11.8. The van der Waals surface area contributed by atoms with Crippen LogP contribution in [0, 0.1) is 19.7 Å². The lowest BCUT2D eigenvalue weighted by molar-refractivity contribution is -0.116. The number of carbonyl (C=O) groups is 3. The molecule has 1 unspecified atom stereocenters. The van der Waals surface area contributed by atoms with Crippen molar-refractivity contribution in [1.29, 1.82) is 0 Å². The Bertz CT molecular complexity index is 1860.